The molecule has 0 aliphatic rings. The molecule has 0 radical (unpaired) electrons. The fourth-order valence-electron chi connectivity index (χ4n) is 1.94. The number of hydrogen-bond acceptors (Lipinski definition) is 4. The Morgan fingerprint density at radius 3 is 2.71 bits per heavy atom. The van der Waals surface area contributed by atoms with Crippen molar-refractivity contribution in [2.24, 2.45) is 0 Å². The number of carboxylic acid groups (broad SMARTS) is 1. The minimum absolute atomic E-state index is 0.00209. The Morgan fingerprint density at radius 1 is 1.14 bits per heavy atom. The zero-order valence-electron chi connectivity index (χ0n) is 11.1. The molecule has 0 spiro atoms. The number of nitrogens with zero attached hydrogens (tertiary/aromatic N) is 2. The first kappa shape index (κ1) is 13.1. The summed E-state index contributed by atoms with van der Waals surface area (Å²) < 4.78 is 5.62. The molecule has 0 aliphatic carbocycles. The number of ether oxygens (including phenoxy) is 1. The summed E-state index contributed by atoms with van der Waals surface area (Å²) in [6, 6.07) is 14.8. The lowest BCUT2D eigenvalue weighted by Crippen LogP contribution is -2.01. The Kier molecular flexibility index (Phi) is 3.47. The highest BCUT2D eigenvalue weighted by atomic mass is 16.5. The first-order valence-corrected chi connectivity index (χ1v) is 6.39. The van der Waals surface area contributed by atoms with Crippen molar-refractivity contribution in [3.8, 4) is 5.88 Å². The molecular weight excluding hydrogens is 268 g/mol. The predicted octanol–water partition coefficient (Wildman–Crippen LogP) is 2.91. The lowest BCUT2D eigenvalue weighted by atomic mass is 10.2. The van der Waals surface area contributed by atoms with Crippen LogP contribution in [0.25, 0.3) is 10.9 Å². The van der Waals surface area contributed by atoms with Gasteiger partial charge in [0, 0.05) is 11.5 Å². The average molecular weight is 280 g/mol. The SMILES string of the molecule is O=C(O)c1cc2ccc(OCc3ccccc3)nc2cn1. The van der Waals surface area contributed by atoms with Crippen molar-refractivity contribution in [2.45, 2.75) is 6.61 Å². The Hall–Kier alpha value is -2.95. The van der Waals surface area contributed by atoms with E-state index in [-0.39, 0.29) is 5.69 Å². The van der Waals surface area contributed by atoms with E-state index >= 15 is 0 Å². The molecule has 2 heterocycles. The van der Waals surface area contributed by atoms with E-state index in [0.29, 0.717) is 18.0 Å². The molecule has 0 fully saturated rings. The van der Waals surface area contributed by atoms with Crippen LogP contribution in [0.15, 0.2) is 54.7 Å². The summed E-state index contributed by atoms with van der Waals surface area (Å²) in [5, 5.41) is 9.62. The van der Waals surface area contributed by atoms with Crippen molar-refractivity contribution < 1.29 is 14.6 Å². The number of pyridine rings is 2. The van der Waals surface area contributed by atoms with Crippen LogP contribution in [0.4, 0.5) is 0 Å². The van der Waals surface area contributed by atoms with Gasteiger partial charge in [0.25, 0.3) is 0 Å². The van der Waals surface area contributed by atoms with Crippen molar-refractivity contribution in [3.05, 3.63) is 66.0 Å². The lowest BCUT2D eigenvalue weighted by molar-refractivity contribution is 0.0690. The first-order valence-electron chi connectivity index (χ1n) is 6.39. The zero-order chi connectivity index (χ0) is 14.7. The third kappa shape index (κ3) is 2.97. The van der Waals surface area contributed by atoms with Gasteiger partial charge in [-0.05, 0) is 17.7 Å². The average Bonchev–Trinajstić information content (AvgIpc) is 2.53. The summed E-state index contributed by atoms with van der Waals surface area (Å²) in [6.07, 6.45) is 1.44. The summed E-state index contributed by atoms with van der Waals surface area (Å²) in [6.45, 7) is 0.431. The second-order valence-electron chi connectivity index (χ2n) is 4.49. The largest absolute Gasteiger partial charge is 0.477 e. The summed E-state index contributed by atoms with van der Waals surface area (Å²) >= 11 is 0. The molecule has 1 aromatic carbocycles. The van der Waals surface area contributed by atoms with Crippen LogP contribution in [0.5, 0.6) is 5.88 Å². The maximum atomic E-state index is 10.9. The van der Waals surface area contributed by atoms with E-state index in [1.165, 1.54) is 12.3 Å². The summed E-state index contributed by atoms with van der Waals surface area (Å²) in [5.41, 5.74) is 1.66. The van der Waals surface area contributed by atoms with Crippen LogP contribution in [0.2, 0.25) is 0 Å². The first-order chi connectivity index (χ1) is 10.2. The second-order valence-corrected chi connectivity index (χ2v) is 4.49. The quantitative estimate of drug-likeness (QED) is 0.795. The molecule has 0 atom stereocenters. The molecule has 104 valence electrons. The standard InChI is InChI=1S/C16H12N2O3/c19-16(20)13-8-12-6-7-15(18-14(12)9-17-13)21-10-11-4-2-1-3-5-11/h1-9H,10H2,(H,19,20). The van der Waals surface area contributed by atoms with Crippen LogP contribution in [0.3, 0.4) is 0 Å². The van der Waals surface area contributed by atoms with Gasteiger partial charge in [0.1, 0.15) is 12.3 Å². The number of carbonyl (C=O) groups is 1. The van der Waals surface area contributed by atoms with Gasteiger partial charge in [-0.3, -0.25) is 0 Å². The molecule has 2 aromatic heterocycles. The summed E-state index contributed by atoms with van der Waals surface area (Å²) in [7, 11) is 0. The molecule has 3 aromatic rings. The van der Waals surface area contributed by atoms with E-state index in [1.54, 1.807) is 12.1 Å². The Bertz CT molecular complexity index is 788. The lowest BCUT2D eigenvalue weighted by Gasteiger charge is -2.06. The molecule has 5 heteroatoms. The third-order valence-corrected chi connectivity index (χ3v) is 3.00. The van der Waals surface area contributed by atoms with E-state index < -0.39 is 5.97 Å². The highest BCUT2D eigenvalue weighted by molar-refractivity contribution is 5.90. The molecule has 0 saturated carbocycles. The van der Waals surface area contributed by atoms with Gasteiger partial charge in [-0.1, -0.05) is 30.3 Å². The number of benzene rings is 1. The van der Waals surface area contributed by atoms with Crippen molar-refractivity contribution in [1.82, 2.24) is 9.97 Å². The monoisotopic (exact) mass is 280 g/mol. The molecule has 0 saturated heterocycles. The Balaban J connectivity index is 1.81. The number of aromatic carboxylic acids is 1. The van der Waals surface area contributed by atoms with Crippen molar-refractivity contribution in [2.75, 3.05) is 0 Å². The zero-order valence-corrected chi connectivity index (χ0v) is 11.1. The molecule has 1 N–H and O–H groups in total. The van der Waals surface area contributed by atoms with E-state index in [2.05, 4.69) is 9.97 Å². The van der Waals surface area contributed by atoms with E-state index in [0.717, 1.165) is 10.9 Å². The maximum absolute atomic E-state index is 10.9. The molecule has 0 amide bonds. The van der Waals surface area contributed by atoms with Crippen LogP contribution in [0.1, 0.15) is 16.1 Å². The van der Waals surface area contributed by atoms with Crippen molar-refractivity contribution in [1.29, 1.82) is 0 Å². The van der Waals surface area contributed by atoms with Gasteiger partial charge >= 0.3 is 5.97 Å². The van der Waals surface area contributed by atoms with Crippen molar-refractivity contribution in [3.63, 3.8) is 0 Å². The molecule has 0 bridgehead atoms. The molecule has 5 nitrogen and oxygen atoms in total. The van der Waals surface area contributed by atoms with Crippen LogP contribution in [-0.4, -0.2) is 21.0 Å². The Morgan fingerprint density at radius 2 is 1.95 bits per heavy atom. The van der Waals surface area contributed by atoms with Gasteiger partial charge in [-0.15, -0.1) is 0 Å². The fraction of sp³-hybridized carbons (Fsp3) is 0.0625. The normalized spacial score (nSPS) is 10.5. The molecule has 0 aliphatic heterocycles. The maximum Gasteiger partial charge on any atom is 0.354 e. The number of carboxylic acids is 1. The highest BCUT2D eigenvalue weighted by Crippen LogP contribution is 2.17. The van der Waals surface area contributed by atoms with E-state index in [9.17, 15) is 4.79 Å². The van der Waals surface area contributed by atoms with Crippen molar-refractivity contribution >= 4 is 16.9 Å². The topological polar surface area (TPSA) is 72.3 Å². The molecule has 0 unspecified atom stereocenters. The number of rotatable bonds is 4. The molecular formula is C16H12N2O3. The van der Waals surface area contributed by atoms with Crippen LogP contribution in [0, 0.1) is 0 Å². The number of fused-ring (bicyclic) bond motifs is 1. The third-order valence-electron chi connectivity index (χ3n) is 3.00. The summed E-state index contributed by atoms with van der Waals surface area (Å²) in [5.74, 6) is -0.572. The van der Waals surface area contributed by atoms with Crippen LogP contribution >= 0.6 is 0 Å². The Labute approximate surface area is 120 Å². The molecule has 21 heavy (non-hydrogen) atoms. The smallest absolute Gasteiger partial charge is 0.354 e. The fourth-order valence-corrected chi connectivity index (χ4v) is 1.94. The van der Waals surface area contributed by atoms with Gasteiger partial charge < -0.3 is 9.84 Å². The van der Waals surface area contributed by atoms with Gasteiger partial charge in [-0.25, -0.2) is 14.8 Å². The van der Waals surface area contributed by atoms with Gasteiger partial charge in [0.2, 0.25) is 5.88 Å². The minimum atomic E-state index is -1.05. The van der Waals surface area contributed by atoms with Gasteiger partial charge in [0.05, 0.1) is 11.7 Å². The molecule has 3 rings (SSSR count). The minimum Gasteiger partial charge on any atom is -0.477 e. The summed E-state index contributed by atoms with van der Waals surface area (Å²) in [4.78, 5) is 19.0. The number of aromatic nitrogens is 2. The van der Waals surface area contributed by atoms with E-state index in [1.807, 2.05) is 30.3 Å². The van der Waals surface area contributed by atoms with Gasteiger partial charge in [0.15, 0.2) is 0 Å². The van der Waals surface area contributed by atoms with Crippen LogP contribution in [-0.2, 0) is 6.61 Å². The highest BCUT2D eigenvalue weighted by Gasteiger charge is 2.07. The van der Waals surface area contributed by atoms with E-state index in [4.69, 9.17) is 9.84 Å². The van der Waals surface area contributed by atoms with Crippen LogP contribution < -0.4 is 4.74 Å². The predicted molar refractivity (Wildman–Crippen MR) is 77.3 cm³/mol. The van der Waals surface area contributed by atoms with Gasteiger partial charge in [-0.2, -0.15) is 0 Å². The second kappa shape index (κ2) is 5.58. The number of hydrogen-bond donors (Lipinski definition) is 1.